The molecule has 4 nitrogen and oxygen atoms in total. The lowest BCUT2D eigenvalue weighted by molar-refractivity contribution is -0.130. The zero-order chi connectivity index (χ0) is 12.4. The molecule has 0 radical (unpaired) electrons. The van der Waals surface area contributed by atoms with Gasteiger partial charge in [-0.05, 0) is 32.8 Å². The first-order valence-electron chi connectivity index (χ1n) is 6.03. The molecule has 0 unspecified atom stereocenters. The highest BCUT2D eigenvalue weighted by atomic mass is 16.2. The predicted octanol–water partition coefficient (Wildman–Crippen LogP) is 1.54. The average Bonchev–Trinajstić information content (AvgIpc) is 2.92. The first-order chi connectivity index (χ1) is 8.13. The van der Waals surface area contributed by atoms with E-state index in [0.717, 1.165) is 43.6 Å². The van der Waals surface area contributed by atoms with Gasteiger partial charge < -0.3 is 9.47 Å². The Hall–Kier alpha value is -1.58. The van der Waals surface area contributed by atoms with Gasteiger partial charge in [-0.15, -0.1) is 0 Å². The lowest BCUT2D eigenvalue weighted by Gasteiger charge is -2.17. The number of nitrogens with zero attached hydrogens (tertiary/aromatic N) is 2. The molecule has 2 heterocycles. The molecule has 17 heavy (non-hydrogen) atoms. The van der Waals surface area contributed by atoms with Gasteiger partial charge in [0.25, 0.3) is 0 Å². The van der Waals surface area contributed by atoms with Gasteiger partial charge in [-0.25, -0.2) is 0 Å². The van der Waals surface area contributed by atoms with Gasteiger partial charge in [0.2, 0.25) is 5.91 Å². The maximum atomic E-state index is 12.0. The Bertz CT molecular complexity index is 443. The van der Waals surface area contributed by atoms with Crippen molar-refractivity contribution >= 4 is 12.2 Å². The summed E-state index contributed by atoms with van der Waals surface area (Å²) in [7, 11) is 0. The largest absolute Gasteiger partial charge is 0.341 e. The van der Waals surface area contributed by atoms with Crippen molar-refractivity contribution in [3.63, 3.8) is 0 Å². The highest BCUT2D eigenvalue weighted by Crippen LogP contribution is 2.15. The van der Waals surface area contributed by atoms with Crippen LogP contribution in [0.3, 0.4) is 0 Å². The van der Waals surface area contributed by atoms with E-state index in [1.165, 1.54) is 0 Å². The summed E-state index contributed by atoms with van der Waals surface area (Å²) in [5, 5.41) is 0. The normalized spacial score (nSPS) is 15.3. The van der Waals surface area contributed by atoms with E-state index < -0.39 is 0 Å². The van der Waals surface area contributed by atoms with Crippen molar-refractivity contribution in [1.29, 1.82) is 0 Å². The van der Waals surface area contributed by atoms with Gasteiger partial charge in [-0.3, -0.25) is 9.59 Å². The molecule has 1 aromatic heterocycles. The van der Waals surface area contributed by atoms with E-state index in [1.54, 1.807) is 0 Å². The van der Waals surface area contributed by atoms with Gasteiger partial charge in [0, 0.05) is 30.0 Å². The van der Waals surface area contributed by atoms with Gasteiger partial charge in [0.15, 0.2) is 6.29 Å². The molecule has 1 aliphatic heterocycles. The molecule has 0 atom stereocenters. The van der Waals surface area contributed by atoms with E-state index in [2.05, 4.69) is 0 Å². The summed E-state index contributed by atoms with van der Waals surface area (Å²) in [6, 6.07) is 1.83. The Balaban J connectivity index is 2.15. The SMILES string of the molecule is Cc1cc(C=O)c(C)n1CC(=O)N1CCCC1. The molecule has 4 heteroatoms. The van der Waals surface area contributed by atoms with E-state index >= 15 is 0 Å². The molecule has 0 spiro atoms. The molecule has 0 aromatic carbocycles. The fourth-order valence-corrected chi connectivity index (χ4v) is 2.39. The molecular formula is C13H18N2O2. The molecular weight excluding hydrogens is 216 g/mol. The monoisotopic (exact) mass is 234 g/mol. The van der Waals surface area contributed by atoms with E-state index in [4.69, 9.17) is 0 Å². The van der Waals surface area contributed by atoms with Gasteiger partial charge in [-0.1, -0.05) is 0 Å². The number of aryl methyl sites for hydroxylation is 1. The lowest BCUT2D eigenvalue weighted by Crippen LogP contribution is -2.31. The van der Waals surface area contributed by atoms with Crippen molar-refractivity contribution < 1.29 is 9.59 Å². The van der Waals surface area contributed by atoms with Crippen LogP contribution in [0.2, 0.25) is 0 Å². The number of amides is 1. The second kappa shape index (κ2) is 4.73. The Labute approximate surface area is 101 Å². The summed E-state index contributed by atoms with van der Waals surface area (Å²) in [6.07, 6.45) is 3.06. The number of hydrogen-bond donors (Lipinski definition) is 0. The topological polar surface area (TPSA) is 42.3 Å². The molecule has 0 aliphatic carbocycles. The number of aromatic nitrogens is 1. The Kier molecular flexibility index (Phi) is 3.31. The number of carbonyl (C=O) groups is 2. The second-order valence-corrected chi connectivity index (χ2v) is 4.62. The fraction of sp³-hybridized carbons (Fsp3) is 0.538. The number of rotatable bonds is 3. The molecule has 1 amide bonds. The van der Waals surface area contributed by atoms with Crippen LogP contribution in [-0.4, -0.2) is 34.7 Å². The molecule has 1 aliphatic rings. The number of aldehydes is 1. The predicted molar refractivity (Wildman–Crippen MR) is 65.1 cm³/mol. The second-order valence-electron chi connectivity index (χ2n) is 4.62. The van der Waals surface area contributed by atoms with Gasteiger partial charge >= 0.3 is 0 Å². The van der Waals surface area contributed by atoms with Crippen LogP contribution in [0.5, 0.6) is 0 Å². The van der Waals surface area contributed by atoms with Crippen molar-refractivity contribution in [3.8, 4) is 0 Å². The third kappa shape index (κ3) is 2.25. The molecule has 2 rings (SSSR count). The van der Waals surface area contributed by atoms with Crippen molar-refractivity contribution in [2.24, 2.45) is 0 Å². The number of carbonyl (C=O) groups excluding carboxylic acids is 2. The number of hydrogen-bond acceptors (Lipinski definition) is 2. The van der Waals surface area contributed by atoms with Crippen LogP contribution in [0.25, 0.3) is 0 Å². The third-order valence-electron chi connectivity index (χ3n) is 3.49. The minimum Gasteiger partial charge on any atom is -0.341 e. The maximum absolute atomic E-state index is 12.0. The van der Waals surface area contributed by atoms with Crippen LogP contribution >= 0.6 is 0 Å². The first kappa shape index (κ1) is 11.9. The Morgan fingerprint density at radius 2 is 2.00 bits per heavy atom. The van der Waals surface area contributed by atoms with Crippen LogP contribution in [0, 0.1) is 13.8 Å². The van der Waals surface area contributed by atoms with Crippen LogP contribution in [-0.2, 0) is 11.3 Å². The quantitative estimate of drug-likeness (QED) is 0.744. The van der Waals surface area contributed by atoms with Crippen molar-refractivity contribution in [3.05, 3.63) is 23.0 Å². The van der Waals surface area contributed by atoms with Crippen molar-refractivity contribution in [2.45, 2.75) is 33.2 Å². The molecule has 1 saturated heterocycles. The average molecular weight is 234 g/mol. The van der Waals surface area contributed by atoms with E-state index in [9.17, 15) is 9.59 Å². The molecule has 92 valence electrons. The molecule has 1 fully saturated rings. The highest BCUT2D eigenvalue weighted by Gasteiger charge is 2.19. The van der Waals surface area contributed by atoms with Crippen molar-refractivity contribution in [2.75, 3.05) is 13.1 Å². The smallest absolute Gasteiger partial charge is 0.242 e. The summed E-state index contributed by atoms with van der Waals surface area (Å²) in [5.74, 6) is 0.154. The Morgan fingerprint density at radius 3 is 2.53 bits per heavy atom. The standard InChI is InChI=1S/C13H18N2O2/c1-10-7-12(9-16)11(2)15(10)8-13(17)14-5-3-4-6-14/h7,9H,3-6,8H2,1-2H3. The first-order valence-corrected chi connectivity index (χ1v) is 6.03. The summed E-state index contributed by atoms with van der Waals surface area (Å²) >= 11 is 0. The van der Waals surface area contributed by atoms with Gasteiger partial charge in [0.1, 0.15) is 6.54 Å². The van der Waals surface area contributed by atoms with Crippen LogP contribution < -0.4 is 0 Å². The minimum absolute atomic E-state index is 0.154. The van der Waals surface area contributed by atoms with Crippen LogP contribution in [0.15, 0.2) is 6.07 Å². The highest BCUT2D eigenvalue weighted by molar-refractivity contribution is 5.79. The Morgan fingerprint density at radius 1 is 1.35 bits per heavy atom. The lowest BCUT2D eigenvalue weighted by atomic mass is 10.3. The van der Waals surface area contributed by atoms with Crippen molar-refractivity contribution in [1.82, 2.24) is 9.47 Å². The van der Waals surface area contributed by atoms with Crippen LogP contribution in [0.1, 0.15) is 34.6 Å². The summed E-state index contributed by atoms with van der Waals surface area (Å²) in [4.78, 5) is 24.8. The van der Waals surface area contributed by atoms with E-state index in [0.29, 0.717) is 12.1 Å². The van der Waals surface area contributed by atoms with Crippen LogP contribution in [0.4, 0.5) is 0 Å². The number of likely N-dealkylation sites (tertiary alicyclic amines) is 1. The zero-order valence-electron chi connectivity index (χ0n) is 10.4. The fourth-order valence-electron chi connectivity index (χ4n) is 2.39. The van der Waals surface area contributed by atoms with E-state index in [-0.39, 0.29) is 5.91 Å². The molecule has 0 N–H and O–H groups in total. The van der Waals surface area contributed by atoms with Gasteiger partial charge in [-0.2, -0.15) is 0 Å². The van der Waals surface area contributed by atoms with Gasteiger partial charge in [0.05, 0.1) is 0 Å². The summed E-state index contributed by atoms with van der Waals surface area (Å²) < 4.78 is 1.92. The molecule has 0 saturated carbocycles. The minimum atomic E-state index is 0.154. The third-order valence-corrected chi connectivity index (χ3v) is 3.49. The summed E-state index contributed by atoms with van der Waals surface area (Å²) in [6.45, 7) is 5.91. The zero-order valence-corrected chi connectivity index (χ0v) is 10.4. The maximum Gasteiger partial charge on any atom is 0.242 e. The summed E-state index contributed by atoms with van der Waals surface area (Å²) in [5.41, 5.74) is 2.53. The molecule has 0 bridgehead atoms. The van der Waals surface area contributed by atoms with E-state index in [1.807, 2.05) is 29.4 Å². The molecule has 1 aromatic rings.